The number of aliphatic hydroxyl groups excluding tert-OH is 1. The Morgan fingerprint density at radius 1 is 1.40 bits per heavy atom. The van der Waals surface area contributed by atoms with E-state index in [1.165, 1.54) is 12.4 Å². The van der Waals surface area contributed by atoms with E-state index >= 15 is 0 Å². The van der Waals surface area contributed by atoms with Crippen LogP contribution < -0.4 is 10.9 Å². The van der Waals surface area contributed by atoms with Gasteiger partial charge in [0.2, 0.25) is 5.95 Å². The van der Waals surface area contributed by atoms with Gasteiger partial charge >= 0.3 is 0 Å². The first-order chi connectivity index (χ1) is 7.31. The van der Waals surface area contributed by atoms with Crippen LogP contribution in [0, 0.1) is 0 Å². The first kappa shape index (κ1) is 9.53. The number of hydrogen-bond acceptors (Lipinski definition) is 6. The van der Waals surface area contributed by atoms with Gasteiger partial charge in [0.15, 0.2) is 11.2 Å². The Morgan fingerprint density at radius 3 is 3.00 bits per heavy atom. The number of hydrogen-bond donors (Lipinski definition) is 3. The van der Waals surface area contributed by atoms with Gasteiger partial charge in [-0.1, -0.05) is 0 Å². The van der Waals surface area contributed by atoms with Gasteiger partial charge in [0.25, 0.3) is 5.56 Å². The lowest BCUT2D eigenvalue weighted by molar-refractivity contribution is 0.311. The Morgan fingerprint density at radius 2 is 2.20 bits per heavy atom. The van der Waals surface area contributed by atoms with E-state index in [2.05, 4.69) is 25.3 Å². The molecule has 0 unspecified atom stereocenters. The number of fused-ring (bicyclic) bond motifs is 1. The molecule has 0 bridgehead atoms. The van der Waals surface area contributed by atoms with Crippen LogP contribution in [0.25, 0.3) is 11.2 Å². The minimum absolute atomic E-state index is 0.0395. The summed E-state index contributed by atoms with van der Waals surface area (Å²) in [5, 5.41) is 11.3. The molecule has 7 nitrogen and oxygen atoms in total. The predicted molar refractivity (Wildman–Crippen MR) is 53.5 cm³/mol. The third kappa shape index (κ3) is 1.91. The molecule has 2 rings (SSSR count). The van der Waals surface area contributed by atoms with Crippen molar-refractivity contribution in [2.45, 2.75) is 0 Å². The Hall–Kier alpha value is -2.02. The van der Waals surface area contributed by atoms with E-state index in [-0.39, 0.29) is 29.3 Å². The minimum Gasteiger partial charge on any atom is -0.395 e. The number of rotatable bonds is 3. The lowest BCUT2D eigenvalue weighted by Crippen LogP contribution is -2.16. The topological polar surface area (TPSA) is 104 Å². The number of aromatic amines is 1. The molecule has 0 radical (unpaired) electrons. The SMILES string of the molecule is O=c1[nH]c(NCCO)nc2nccnc12. The largest absolute Gasteiger partial charge is 0.395 e. The summed E-state index contributed by atoms with van der Waals surface area (Å²) in [6, 6.07) is 0. The zero-order chi connectivity index (χ0) is 10.7. The molecule has 0 spiro atoms. The van der Waals surface area contributed by atoms with Gasteiger partial charge in [-0.15, -0.1) is 0 Å². The van der Waals surface area contributed by atoms with E-state index in [9.17, 15) is 4.79 Å². The summed E-state index contributed by atoms with van der Waals surface area (Å²) in [5.41, 5.74) is 0.127. The summed E-state index contributed by atoms with van der Waals surface area (Å²) in [5.74, 6) is 0.280. The van der Waals surface area contributed by atoms with Crippen molar-refractivity contribution in [3.8, 4) is 0 Å². The normalized spacial score (nSPS) is 10.5. The van der Waals surface area contributed by atoms with E-state index in [0.29, 0.717) is 6.54 Å². The molecular weight excluding hydrogens is 198 g/mol. The van der Waals surface area contributed by atoms with Gasteiger partial charge in [-0.05, 0) is 0 Å². The second-order valence-electron chi connectivity index (χ2n) is 2.79. The molecule has 2 aromatic heterocycles. The molecule has 2 heterocycles. The number of H-pyrrole nitrogens is 1. The van der Waals surface area contributed by atoms with Crippen LogP contribution >= 0.6 is 0 Å². The summed E-state index contributed by atoms with van der Waals surface area (Å²) in [7, 11) is 0. The Bertz CT molecular complexity index is 524. The van der Waals surface area contributed by atoms with Crippen molar-refractivity contribution >= 4 is 17.1 Å². The van der Waals surface area contributed by atoms with Crippen molar-refractivity contribution in [1.29, 1.82) is 0 Å². The van der Waals surface area contributed by atoms with Crippen LogP contribution in [0.1, 0.15) is 0 Å². The van der Waals surface area contributed by atoms with Gasteiger partial charge in [0.05, 0.1) is 6.61 Å². The van der Waals surface area contributed by atoms with Crippen molar-refractivity contribution in [2.24, 2.45) is 0 Å². The summed E-state index contributed by atoms with van der Waals surface area (Å²) in [6.45, 7) is 0.275. The van der Waals surface area contributed by atoms with Gasteiger partial charge in [0.1, 0.15) is 0 Å². The first-order valence-corrected chi connectivity index (χ1v) is 4.37. The molecule has 3 N–H and O–H groups in total. The van der Waals surface area contributed by atoms with Crippen molar-refractivity contribution in [3.63, 3.8) is 0 Å². The van der Waals surface area contributed by atoms with Crippen LogP contribution in [0.4, 0.5) is 5.95 Å². The summed E-state index contributed by atoms with van der Waals surface area (Å²) in [6.07, 6.45) is 2.89. The molecule has 0 aliphatic rings. The molecule has 2 aromatic rings. The second-order valence-corrected chi connectivity index (χ2v) is 2.79. The maximum Gasteiger partial charge on any atom is 0.280 e. The standard InChI is InChI=1S/C8H9N5O2/c14-4-3-11-8-12-6-5(7(15)13-8)9-1-2-10-6/h1-2,14H,3-4H2,(H2,10,11,12,13,15). The Kier molecular flexibility index (Phi) is 2.55. The fraction of sp³-hybridized carbons (Fsp3) is 0.250. The number of nitrogens with zero attached hydrogens (tertiary/aromatic N) is 3. The smallest absolute Gasteiger partial charge is 0.280 e. The quantitative estimate of drug-likeness (QED) is 0.603. The number of aromatic nitrogens is 4. The Labute approximate surface area is 84.2 Å². The molecule has 0 saturated carbocycles. The number of aliphatic hydroxyl groups is 1. The molecular formula is C8H9N5O2. The fourth-order valence-electron chi connectivity index (χ4n) is 1.13. The van der Waals surface area contributed by atoms with Crippen LogP contribution in [0.15, 0.2) is 17.2 Å². The van der Waals surface area contributed by atoms with Crippen LogP contribution in [-0.4, -0.2) is 38.2 Å². The summed E-state index contributed by atoms with van der Waals surface area (Å²) in [4.78, 5) is 25.7. The molecule has 78 valence electrons. The van der Waals surface area contributed by atoms with Crippen LogP contribution in [0.5, 0.6) is 0 Å². The molecule has 15 heavy (non-hydrogen) atoms. The summed E-state index contributed by atoms with van der Waals surface area (Å²) < 4.78 is 0. The zero-order valence-corrected chi connectivity index (χ0v) is 7.77. The molecule has 0 atom stereocenters. The third-order valence-electron chi connectivity index (χ3n) is 1.75. The molecule has 0 amide bonds. The van der Waals surface area contributed by atoms with Crippen molar-refractivity contribution in [3.05, 3.63) is 22.7 Å². The molecule has 0 aromatic carbocycles. The zero-order valence-electron chi connectivity index (χ0n) is 7.77. The third-order valence-corrected chi connectivity index (χ3v) is 1.75. The molecule has 7 heteroatoms. The molecule has 0 saturated heterocycles. The highest BCUT2D eigenvalue weighted by Gasteiger charge is 2.04. The van der Waals surface area contributed by atoms with E-state index in [4.69, 9.17) is 5.11 Å². The van der Waals surface area contributed by atoms with E-state index in [0.717, 1.165) is 0 Å². The highest BCUT2D eigenvalue weighted by Crippen LogP contribution is 2.01. The lowest BCUT2D eigenvalue weighted by atomic mass is 10.5. The second kappa shape index (κ2) is 4.01. The molecule has 0 aliphatic heterocycles. The Balaban J connectivity index is 2.48. The predicted octanol–water partition coefficient (Wildman–Crippen LogP) is -0.883. The number of nitrogens with one attached hydrogen (secondary N) is 2. The molecule has 0 fully saturated rings. The average molecular weight is 207 g/mol. The average Bonchev–Trinajstić information content (AvgIpc) is 2.26. The van der Waals surface area contributed by atoms with E-state index in [1.807, 2.05) is 0 Å². The maximum absolute atomic E-state index is 11.5. The van der Waals surface area contributed by atoms with E-state index in [1.54, 1.807) is 0 Å². The van der Waals surface area contributed by atoms with Crippen molar-refractivity contribution < 1.29 is 5.11 Å². The van der Waals surface area contributed by atoms with Crippen LogP contribution in [0.3, 0.4) is 0 Å². The summed E-state index contributed by atoms with van der Waals surface area (Å²) >= 11 is 0. The highest BCUT2D eigenvalue weighted by molar-refractivity contribution is 5.68. The molecule has 0 aliphatic carbocycles. The minimum atomic E-state index is -0.353. The van der Waals surface area contributed by atoms with Gasteiger partial charge in [-0.25, -0.2) is 9.97 Å². The van der Waals surface area contributed by atoms with Crippen LogP contribution in [0.2, 0.25) is 0 Å². The monoisotopic (exact) mass is 207 g/mol. The van der Waals surface area contributed by atoms with Crippen LogP contribution in [-0.2, 0) is 0 Å². The lowest BCUT2D eigenvalue weighted by Gasteiger charge is -2.02. The van der Waals surface area contributed by atoms with Crippen molar-refractivity contribution in [1.82, 2.24) is 19.9 Å². The van der Waals surface area contributed by atoms with Gasteiger partial charge in [-0.2, -0.15) is 4.98 Å². The first-order valence-electron chi connectivity index (χ1n) is 4.37. The van der Waals surface area contributed by atoms with Gasteiger partial charge in [0, 0.05) is 18.9 Å². The van der Waals surface area contributed by atoms with Gasteiger partial charge in [-0.3, -0.25) is 9.78 Å². The maximum atomic E-state index is 11.5. The fourth-order valence-corrected chi connectivity index (χ4v) is 1.13. The van der Waals surface area contributed by atoms with Gasteiger partial charge < -0.3 is 10.4 Å². The van der Waals surface area contributed by atoms with E-state index < -0.39 is 0 Å². The number of anilines is 1. The van der Waals surface area contributed by atoms with Crippen molar-refractivity contribution in [2.75, 3.05) is 18.5 Å². The highest BCUT2D eigenvalue weighted by atomic mass is 16.3.